The highest BCUT2D eigenvalue weighted by atomic mass is 35.5. The fourth-order valence-electron chi connectivity index (χ4n) is 1.78. The van der Waals surface area contributed by atoms with Crippen LogP contribution >= 0.6 is 34.8 Å². The molecule has 0 spiro atoms. The number of rotatable bonds is 3. The Morgan fingerprint density at radius 2 is 1.81 bits per heavy atom. The predicted octanol–water partition coefficient (Wildman–Crippen LogP) is 5.31. The first-order valence-corrected chi connectivity index (χ1v) is 7.30. The second-order valence-electron chi connectivity index (χ2n) is 4.54. The Bertz CT molecular complexity index is 661. The van der Waals surface area contributed by atoms with Crippen molar-refractivity contribution in [2.75, 3.05) is 12.4 Å². The Labute approximate surface area is 138 Å². The van der Waals surface area contributed by atoms with Crippen molar-refractivity contribution in [3.63, 3.8) is 0 Å². The lowest BCUT2D eigenvalue weighted by Crippen LogP contribution is -2.30. The van der Waals surface area contributed by atoms with Crippen LogP contribution in [-0.2, 0) is 6.54 Å². The molecule has 0 saturated heterocycles. The molecule has 2 amide bonds. The third kappa shape index (κ3) is 4.53. The van der Waals surface area contributed by atoms with Crippen LogP contribution in [0.25, 0.3) is 0 Å². The van der Waals surface area contributed by atoms with Crippen LogP contribution in [0.4, 0.5) is 10.5 Å². The van der Waals surface area contributed by atoms with Crippen molar-refractivity contribution in [1.29, 1.82) is 0 Å². The zero-order valence-electron chi connectivity index (χ0n) is 11.2. The zero-order valence-corrected chi connectivity index (χ0v) is 13.5. The van der Waals surface area contributed by atoms with Crippen LogP contribution in [0.3, 0.4) is 0 Å². The Morgan fingerprint density at radius 1 is 1.10 bits per heavy atom. The van der Waals surface area contributed by atoms with Gasteiger partial charge in [0.25, 0.3) is 0 Å². The smallest absolute Gasteiger partial charge is 0.321 e. The van der Waals surface area contributed by atoms with Gasteiger partial charge in [-0.3, -0.25) is 0 Å². The summed E-state index contributed by atoms with van der Waals surface area (Å²) in [7, 11) is 1.69. The van der Waals surface area contributed by atoms with Crippen molar-refractivity contribution in [2.45, 2.75) is 6.54 Å². The number of amides is 2. The molecule has 21 heavy (non-hydrogen) atoms. The van der Waals surface area contributed by atoms with Gasteiger partial charge in [-0.2, -0.15) is 0 Å². The van der Waals surface area contributed by atoms with Crippen LogP contribution in [0.15, 0.2) is 42.5 Å². The maximum absolute atomic E-state index is 12.1. The average molecular weight is 344 g/mol. The maximum atomic E-state index is 12.1. The maximum Gasteiger partial charge on any atom is 0.321 e. The van der Waals surface area contributed by atoms with Crippen LogP contribution < -0.4 is 5.32 Å². The van der Waals surface area contributed by atoms with Gasteiger partial charge in [-0.15, -0.1) is 0 Å². The van der Waals surface area contributed by atoms with E-state index in [2.05, 4.69) is 5.32 Å². The van der Waals surface area contributed by atoms with E-state index in [4.69, 9.17) is 34.8 Å². The van der Waals surface area contributed by atoms with Crippen molar-refractivity contribution in [3.8, 4) is 0 Å². The van der Waals surface area contributed by atoms with Gasteiger partial charge >= 0.3 is 6.03 Å². The largest absolute Gasteiger partial charge is 0.323 e. The lowest BCUT2D eigenvalue weighted by Gasteiger charge is -2.18. The number of nitrogens with zero attached hydrogens (tertiary/aromatic N) is 1. The van der Waals surface area contributed by atoms with E-state index in [9.17, 15) is 4.79 Å². The lowest BCUT2D eigenvalue weighted by atomic mass is 10.2. The van der Waals surface area contributed by atoms with Crippen LogP contribution in [0.5, 0.6) is 0 Å². The molecule has 3 nitrogen and oxygen atoms in total. The number of carbonyl (C=O) groups is 1. The van der Waals surface area contributed by atoms with Crippen molar-refractivity contribution >= 4 is 46.5 Å². The average Bonchev–Trinajstić information content (AvgIpc) is 2.41. The molecular formula is C15H13Cl3N2O. The van der Waals surface area contributed by atoms with Gasteiger partial charge in [-0.25, -0.2) is 4.79 Å². The summed E-state index contributed by atoms with van der Waals surface area (Å²) in [6, 6.07) is 12.0. The Kier molecular flexibility index (Phi) is 5.34. The number of hydrogen-bond donors (Lipinski definition) is 1. The summed E-state index contributed by atoms with van der Waals surface area (Å²) < 4.78 is 0. The monoisotopic (exact) mass is 342 g/mol. The van der Waals surface area contributed by atoms with Gasteiger partial charge in [-0.1, -0.05) is 46.9 Å². The molecule has 0 atom stereocenters. The van der Waals surface area contributed by atoms with Crippen LogP contribution in [0.2, 0.25) is 15.1 Å². The lowest BCUT2D eigenvalue weighted by molar-refractivity contribution is 0.220. The molecule has 0 aliphatic rings. The van der Waals surface area contributed by atoms with E-state index in [1.54, 1.807) is 31.3 Å². The first-order valence-electron chi connectivity index (χ1n) is 6.17. The second-order valence-corrected chi connectivity index (χ2v) is 5.82. The van der Waals surface area contributed by atoms with Crippen LogP contribution in [0.1, 0.15) is 5.56 Å². The number of nitrogens with one attached hydrogen (secondary N) is 1. The number of anilines is 1. The summed E-state index contributed by atoms with van der Waals surface area (Å²) in [5, 5.41) is 4.29. The highest BCUT2D eigenvalue weighted by Gasteiger charge is 2.11. The summed E-state index contributed by atoms with van der Waals surface area (Å²) in [5.74, 6) is 0. The minimum Gasteiger partial charge on any atom is -0.323 e. The van der Waals surface area contributed by atoms with Gasteiger partial charge in [-0.05, 0) is 35.9 Å². The quantitative estimate of drug-likeness (QED) is 0.804. The number of halogens is 3. The van der Waals surface area contributed by atoms with E-state index in [0.717, 1.165) is 5.56 Å². The van der Waals surface area contributed by atoms with Crippen LogP contribution in [-0.4, -0.2) is 18.0 Å². The zero-order chi connectivity index (χ0) is 15.4. The summed E-state index contributed by atoms with van der Waals surface area (Å²) in [6.07, 6.45) is 0. The van der Waals surface area contributed by atoms with E-state index in [1.807, 2.05) is 18.2 Å². The molecule has 0 fully saturated rings. The molecule has 0 aliphatic heterocycles. The predicted molar refractivity (Wildman–Crippen MR) is 88.4 cm³/mol. The van der Waals surface area contributed by atoms with E-state index in [-0.39, 0.29) is 6.03 Å². The van der Waals surface area contributed by atoms with Gasteiger partial charge in [0.1, 0.15) is 0 Å². The molecule has 110 valence electrons. The van der Waals surface area contributed by atoms with Crippen molar-refractivity contribution in [1.82, 2.24) is 4.90 Å². The highest BCUT2D eigenvalue weighted by Crippen LogP contribution is 2.25. The van der Waals surface area contributed by atoms with Crippen molar-refractivity contribution in [2.24, 2.45) is 0 Å². The molecule has 0 saturated carbocycles. The molecule has 0 radical (unpaired) electrons. The molecule has 2 aromatic carbocycles. The second kappa shape index (κ2) is 7.03. The Hall–Kier alpha value is -1.42. The molecule has 2 aromatic rings. The standard InChI is InChI=1S/C15H13Cl3N2O/c1-20(9-10-3-2-4-11(16)7-10)15(21)19-14-6-5-12(17)8-13(14)18/h2-8H,9H2,1H3,(H,19,21). The summed E-state index contributed by atoms with van der Waals surface area (Å²) in [4.78, 5) is 13.7. The minimum atomic E-state index is -0.265. The summed E-state index contributed by atoms with van der Waals surface area (Å²) >= 11 is 17.8. The topological polar surface area (TPSA) is 32.3 Å². The van der Waals surface area contributed by atoms with Gasteiger partial charge in [0.15, 0.2) is 0 Å². The SMILES string of the molecule is CN(Cc1cccc(Cl)c1)C(=O)Nc1ccc(Cl)cc1Cl. The Morgan fingerprint density at radius 3 is 2.48 bits per heavy atom. The molecule has 0 aliphatic carbocycles. The fraction of sp³-hybridized carbons (Fsp3) is 0.133. The number of carbonyl (C=O) groups excluding carboxylic acids is 1. The van der Waals surface area contributed by atoms with E-state index < -0.39 is 0 Å². The Balaban J connectivity index is 2.02. The molecule has 0 unspecified atom stereocenters. The van der Waals surface area contributed by atoms with Gasteiger partial charge in [0.2, 0.25) is 0 Å². The minimum absolute atomic E-state index is 0.265. The number of urea groups is 1. The molecular weight excluding hydrogens is 331 g/mol. The molecule has 0 aromatic heterocycles. The molecule has 2 rings (SSSR count). The van der Waals surface area contributed by atoms with E-state index in [1.165, 1.54) is 4.90 Å². The van der Waals surface area contributed by atoms with Gasteiger partial charge in [0, 0.05) is 23.6 Å². The normalized spacial score (nSPS) is 10.3. The summed E-state index contributed by atoms with van der Waals surface area (Å²) in [6.45, 7) is 0.442. The van der Waals surface area contributed by atoms with Crippen LogP contribution in [0, 0.1) is 0 Å². The highest BCUT2D eigenvalue weighted by molar-refractivity contribution is 6.36. The van der Waals surface area contributed by atoms with Gasteiger partial charge in [0.05, 0.1) is 10.7 Å². The van der Waals surface area contributed by atoms with E-state index in [0.29, 0.717) is 27.3 Å². The number of benzene rings is 2. The molecule has 0 bridgehead atoms. The molecule has 0 heterocycles. The third-order valence-electron chi connectivity index (χ3n) is 2.83. The van der Waals surface area contributed by atoms with Gasteiger partial charge < -0.3 is 10.2 Å². The van der Waals surface area contributed by atoms with Crippen molar-refractivity contribution in [3.05, 3.63) is 63.1 Å². The number of hydrogen-bond acceptors (Lipinski definition) is 1. The first-order chi connectivity index (χ1) is 9.95. The molecule has 1 N–H and O–H groups in total. The molecule has 6 heteroatoms. The summed E-state index contributed by atoms with van der Waals surface area (Å²) in [5.41, 5.74) is 1.46. The van der Waals surface area contributed by atoms with Crippen molar-refractivity contribution < 1.29 is 4.79 Å². The third-order valence-corrected chi connectivity index (χ3v) is 3.61. The fourth-order valence-corrected chi connectivity index (χ4v) is 2.45. The first kappa shape index (κ1) is 16.0. The van der Waals surface area contributed by atoms with E-state index >= 15 is 0 Å².